The number of aliphatic carboxylic acids is 1. The van der Waals surface area contributed by atoms with Crippen molar-refractivity contribution >= 4 is 11.9 Å². The van der Waals surface area contributed by atoms with Crippen LogP contribution in [-0.2, 0) is 14.3 Å². The molecule has 0 aliphatic rings. The third kappa shape index (κ3) is 15.3. The van der Waals surface area contributed by atoms with Crippen LogP contribution in [0.3, 0.4) is 0 Å². The van der Waals surface area contributed by atoms with Crippen molar-refractivity contribution < 1.29 is 19.4 Å². The summed E-state index contributed by atoms with van der Waals surface area (Å²) in [4.78, 5) is 21.6. The summed E-state index contributed by atoms with van der Waals surface area (Å²) in [5.41, 5.74) is -0.585. The Hall–Kier alpha value is -1.58. The van der Waals surface area contributed by atoms with Crippen molar-refractivity contribution in [1.82, 2.24) is 0 Å². The van der Waals surface area contributed by atoms with Gasteiger partial charge >= 0.3 is 11.9 Å². The minimum atomic E-state index is -0.715. The molecule has 140 valence electrons. The second-order valence-corrected chi connectivity index (χ2v) is 6.71. The molecule has 24 heavy (non-hydrogen) atoms. The van der Waals surface area contributed by atoms with Gasteiger partial charge in [-0.1, -0.05) is 46.3 Å². The lowest BCUT2D eigenvalue weighted by Crippen LogP contribution is -2.22. The van der Waals surface area contributed by atoms with Crippen LogP contribution in [0.4, 0.5) is 0 Å². The van der Waals surface area contributed by atoms with E-state index in [1.165, 1.54) is 12.7 Å². The number of hydrogen-bond acceptors (Lipinski definition) is 3. The van der Waals surface area contributed by atoms with Crippen LogP contribution in [-0.4, -0.2) is 17.0 Å². The number of ether oxygens (including phenoxy) is 1. The molecule has 0 spiro atoms. The molecular formula is C20H36O4. The molecular weight excluding hydrogens is 304 g/mol. The van der Waals surface area contributed by atoms with E-state index in [2.05, 4.69) is 19.9 Å². The van der Waals surface area contributed by atoms with Crippen molar-refractivity contribution in [2.75, 3.05) is 0 Å². The van der Waals surface area contributed by atoms with Gasteiger partial charge in [-0.15, -0.1) is 0 Å². The minimum absolute atomic E-state index is 0.0409. The fraction of sp³-hybridized carbons (Fsp3) is 0.700. The second kappa shape index (κ2) is 15.0. The summed E-state index contributed by atoms with van der Waals surface area (Å²) in [6.45, 7) is 11.4. The van der Waals surface area contributed by atoms with Gasteiger partial charge in [0.25, 0.3) is 0 Å². The Morgan fingerprint density at radius 3 is 2.17 bits per heavy atom. The van der Waals surface area contributed by atoms with Gasteiger partial charge in [0.2, 0.25) is 0 Å². The molecule has 0 amide bonds. The first-order valence-electron chi connectivity index (χ1n) is 8.92. The maximum absolute atomic E-state index is 10.9. The highest BCUT2D eigenvalue weighted by molar-refractivity contribution is 5.73. The van der Waals surface area contributed by atoms with E-state index >= 15 is 0 Å². The number of rotatable bonds is 10. The van der Waals surface area contributed by atoms with Crippen LogP contribution in [0.15, 0.2) is 24.5 Å². The van der Waals surface area contributed by atoms with Gasteiger partial charge in [-0.2, -0.15) is 0 Å². The lowest BCUT2D eigenvalue weighted by atomic mass is 9.88. The van der Waals surface area contributed by atoms with Crippen molar-refractivity contribution in [3.63, 3.8) is 0 Å². The molecule has 0 atom stereocenters. The fourth-order valence-corrected chi connectivity index (χ4v) is 1.48. The van der Waals surface area contributed by atoms with E-state index in [9.17, 15) is 9.59 Å². The van der Waals surface area contributed by atoms with E-state index < -0.39 is 11.4 Å². The molecule has 0 aromatic heterocycles. The van der Waals surface area contributed by atoms with Crippen molar-refractivity contribution in [2.24, 2.45) is 11.3 Å². The van der Waals surface area contributed by atoms with Crippen LogP contribution in [0.5, 0.6) is 0 Å². The van der Waals surface area contributed by atoms with Gasteiger partial charge in [-0.3, -0.25) is 9.59 Å². The highest BCUT2D eigenvalue weighted by Gasteiger charge is 2.25. The summed E-state index contributed by atoms with van der Waals surface area (Å²) >= 11 is 0. The summed E-state index contributed by atoms with van der Waals surface area (Å²) in [6, 6.07) is 0. The number of esters is 1. The van der Waals surface area contributed by atoms with Gasteiger partial charge in [0.15, 0.2) is 0 Å². The van der Waals surface area contributed by atoms with Gasteiger partial charge in [-0.25, -0.2) is 0 Å². The number of carbonyl (C=O) groups is 2. The molecule has 0 aromatic carbocycles. The van der Waals surface area contributed by atoms with Gasteiger partial charge in [0, 0.05) is 0 Å². The van der Waals surface area contributed by atoms with Crippen molar-refractivity contribution in [2.45, 2.75) is 80.1 Å². The number of carboxylic acid groups (broad SMARTS) is 1. The zero-order valence-corrected chi connectivity index (χ0v) is 16.3. The first-order chi connectivity index (χ1) is 11.2. The van der Waals surface area contributed by atoms with Crippen LogP contribution in [0.25, 0.3) is 0 Å². The molecule has 0 unspecified atom stereocenters. The third-order valence-corrected chi connectivity index (χ3v) is 3.39. The smallest absolute Gasteiger partial charge is 0.313 e. The molecule has 0 aliphatic carbocycles. The third-order valence-electron chi connectivity index (χ3n) is 3.39. The molecule has 4 heteroatoms. The Morgan fingerprint density at radius 1 is 1.08 bits per heavy atom. The summed E-state index contributed by atoms with van der Waals surface area (Å²) in [6.07, 6.45) is 13.4. The SMILES string of the molecule is CC/C=C\CCC(C)(C)C(=O)O.CCCCC=COC(=O)C(C)C. The number of hydrogen-bond donors (Lipinski definition) is 1. The normalized spacial score (nSPS) is 11.6. The van der Waals surface area contributed by atoms with Gasteiger partial charge in [0.05, 0.1) is 17.6 Å². The lowest BCUT2D eigenvalue weighted by molar-refractivity contribution is -0.147. The Morgan fingerprint density at radius 2 is 1.71 bits per heavy atom. The van der Waals surface area contributed by atoms with Gasteiger partial charge in [0.1, 0.15) is 0 Å². The van der Waals surface area contributed by atoms with Crippen molar-refractivity contribution in [1.29, 1.82) is 0 Å². The molecule has 0 aliphatic heterocycles. The molecule has 0 saturated carbocycles. The van der Waals surface area contributed by atoms with E-state index in [1.807, 2.05) is 26.0 Å². The summed E-state index contributed by atoms with van der Waals surface area (Å²) in [7, 11) is 0. The van der Waals surface area contributed by atoms with Gasteiger partial charge < -0.3 is 9.84 Å². The van der Waals surface area contributed by atoms with E-state index in [4.69, 9.17) is 9.84 Å². The van der Waals surface area contributed by atoms with Crippen LogP contribution < -0.4 is 0 Å². The van der Waals surface area contributed by atoms with Crippen molar-refractivity contribution in [3.05, 3.63) is 24.5 Å². The predicted octanol–water partition coefficient (Wildman–Crippen LogP) is 5.73. The Labute approximate surface area is 148 Å². The zero-order valence-electron chi connectivity index (χ0n) is 16.3. The van der Waals surface area contributed by atoms with Crippen LogP contribution >= 0.6 is 0 Å². The van der Waals surface area contributed by atoms with Gasteiger partial charge in [-0.05, 0) is 52.0 Å². The van der Waals surface area contributed by atoms with E-state index in [-0.39, 0.29) is 11.9 Å². The molecule has 0 aromatic rings. The maximum Gasteiger partial charge on any atom is 0.313 e. The summed E-state index contributed by atoms with van der Waals surface area (Å²) < 4.78 is 4.83. The topological polar surface area (TPSA) is 63.6 Å². The molecule has 0 heterocycles. The Balaban J connectivity index is 0. The molecule has 1 N–H and O–H groups in total. The lowest BCUT2D eigenvalue weighted by Gasteiger charge is -2.17. The molecule has 0 rings (SSSR count). The maximum atomic E-state index is 10.9. The predicted molar refractivity (Wildman–Crippen MR) is 99.7 cm³/mol. The number of carboxylic acids is 1. The highest BCUT2D eigenvalue weighted by atomic mass is 16.5. The number of carbonyl (C=O) groups excluding carboxylic acids is 1. The molecule has 4 nitrogen and oxygen atoms in total. The largest absolute Gasteiger partial charge is 0.481 e. The monoisotopic (exact) mass is 340 g/mol. The van der Waals surface area contributed by atoms with Crippen LogP contribution in [0, 0.1) is 11.3 Å². The zero-order chi connectivity index (χ0) is 19.0. The molecule has 0 bridgehead atoms. The first-order valence-corrected chi connectivity index (χ1v) is 8.92. The second-order valence-electron chi connectivity index (χ2n) is 6.71. The van der Waals surface area contributed by atoms with Crippen LogP contribution in [0.2, 0.25) is 0 Å². The molecule has 0 saturated heterocycles. The number of allylic oxidation sites excluding steroid dienone is 3. The first kappa shape index (κ1) is 24.7. The number of unbranched alkanes of at least 4 members (excludes halogenated alkanes) is 2. The minimum Gasteiger partial charge on any atom is -0.481 e. The van der Waals surface area contributed by atoms with Crippen molar-refractivity contribution in [3.8, 4) is 0 Å². The van der Waals surface area contributed by atoms with E-state index in [0.29, 0.717) is 6.42 Å². The van der Waals surface area contributed by atoms with E-state index in [0.717, 1.165) is 25.7 Å². The summed E-state index contributed by atoms with van der Waals surface area (Å²) in [5, 5.41) is 8.77. The Bertz CT molecular complexity index is 392. The summed E-state index contributed by atoms with van der Waals surface area (Å²) in [5.74, 6) is -0.920. The van der Waals surface area contributed by atoms with Crippen LogP contribution in [0.1, 0.15) is 80.1 Å². The molecule has 0 radical (unpaired) electrons. The fourth-order valence-electron chi connectivity index (χ4n) is 1.48. The quantitative estimate of drug-likeness (QED) is 0.239. The average Bonchev–Trinajstić information content (AvgIpc) is 2.51. The average molecular weight is 341 g/mol. The highest BCUT2D eigenvalue weighted by Crippen LogP contribution is 2.22. The standard InChI is InChI=1S/2C10H18O2/c1-4-5-6-7-8-10(2,3)9(11)12;1-4-5-6-7-8-12-10(11)9(2)3/h5-6H,4,7-8H2,1-3H3,(H,11,12);7-9H,4-6H2,1-3H3/b6-5-;. The Kier molecular flexibility index (Phi) is 15.4. The molecule has 0 fully saturated rings. The van der Waals surface area contributed by atoms with E-state index in [1.54, 1.807) is 13.8 Å².